The van der Waals surface area contributed by atoms with Crippen LogP contribution in [0, 0.1) is 0 Å². The molecule has 0 saturated heterocycles. The molecule has 1 N–H and O–H groups in total. The van der Waals surface area contributed by atoms with Crippen molar-refractivity contribution < 1.29 is 46.9 Å². The van der Waals surface area contributed by atoms with Crippen molar-refractivity contribution in [3.8, 4) is 0 Å². The van der Waals surface area contributed by atoms with Gasteiger partial charge in [0.05, 0.1) is 23.8 Å². The van der Waals surface area contributed by atoms with Gasteiger partial charge in [0.2, 0.25) is 18.2 Å². The van der Waals surface area contributed by atoms with Crippen LogP contribution in [-0.4, -0.2) is 47.6 Å². The number of esters is 1. The van der Waals surface area contributed by atoms with Gasteiger partial charge in [-0.05, 0) is 45.6 Å². The zero-order valence-electron chi connectivity index (χ0n) is 19.4. The zero-order chi connectivity index (χ0) is 25.8. The number of hydrogen-bond donors (Lipinski definition) is 1. The molecule has 0 amide bonds. The summed E-state index contributed by atoms with van der Waals surface area (Å²) in [6.45, 7) is 9.01. The van der Waals surface area contributed by atoms with Crippen molar-refractivity contribution in [1.82, 2.24) is 0 Å². The first-order chi connectivity index (χ1) is 15.2. The summed E-state index contributed by atoms with van der Waals surface area (Å²) < 4.78 is 42.7. The Morgan fingerprint density at radius 2 is 1.70 bits per heavy atom. The summed E-state index contributed by atoms with van der Waals surface area (Å²) >= 11 is -1.92. The van der Waals surface area contributed by atoms with Gasteiger partial charge >= 0.3 is 48.6 Å². The Balaban J connectivity index is 0.00000235. The van der Waals surface area contributed by atoms with E-state index in [9.17, 15) is 18.3 Å². The maximum absolute atomic E-state index is 13.2. The van der Waals surface area contributed by atoms with Crippen molar-refractivity contribution in [2.45, 2.75) is 50.9 Å². The zero-order valence-corrected chi connectivity index (χ0v) is 25.0. The quantitative estimate of drug-likeness (QED) is 0.153. The monoisotopic (exact) mass is 595 g/mol. The van der Waals surface area contributed by atoms with Crippen LogP contribution < -0.4 is 0 Å². The molecule has 0 aliphatic heterocycles. The van der Waals surface area contributed by atoms with Gasteiger partial charge in [-0.1, -0.05) is 18.2 Å². The number of sulfone groups is 1. The number of halogens is 3. The summed E-state index contributed by atoms with van der Waals surface area (Å²) in [6, 6.07) is 7.80. The van der Waals surface area contributed by atoms with Crippen molar-refractivity contribution in [3.05, 3.63) is 52.8 Å². The molecule has 0 spiro atoms. The van der Waals surface area contributed by atoms with E-state index in [2.05, 4.69) is 4.74 Å². The first-order valence-corrected chi connectivity index (χ1v) is 21.1. The van der Waals surface area contributed by atoms with Gasteiger partial charge in [-0.25, -0.2) is 13.2 Å². The van der Waals surface area contributed by atoms with Crippen molar-refractivity contribution in [1.29, 1.82) is 0 Å². The third-order valence-corrected chi connectivity index (χ3v) is 6.57. The normalized spacial score (nSPS) is 13.8. The molecule has 0 aliphatic rings. The minimum absolute atomic E-state index is 0.0396. The molecule has 13 heteroatoms. The van der Waals surface area contributed by atoms with Gasteiger partial charge in [-0.2, -0.15) is 0 Å². The van der Waals surface area contributed by atoms with Gasteiger partial charge in [0.25, 0.3) is 0 Å². The summed E-state index contributed by atoms with van der Waals surface area (Å²) in [4.78, 5) is 11.6. The second-order valence-electron chi connectivity index (χ2n) is 7.48. The second kappa shape index (κ2) is 15.5. The average molecular weight is 597 g/mol. The number of carbonyl (C=O) groups excluding carboxylic acids is 1. The number of aliphatic hydroxyl groups is 1. The third-order valence-electron chi connectivity index (χ3n) is 3.66. The predicted molar refractivity (Wildman–Crippen MR) is 131 cm³/mol. The number of allylic oxidation sites excluding steroid dienone is 1. The van der Waals surface area contributed by atoms with Crippen LogP contribution in [0.1, 0.15) is 20.3 Å². The minimum atomic E-state index is -4.03. The van der Waals surface area contributed by atoms with Crippen molar-refractivity contribution >= 4 is 52.0 Å². The van der Waals surface area contributed by atoms with Crippen LogP contribution >= 0.6 is 27.9 Å². The molecule has 0 heterocycles. The van der Waals surface area contributed by atoms with Crippen LogP contribution in [0.5, 0.6) is 0 Å². The SMILES string of the molecule is CCOC(C/C(=C/C(=O)OC)O[Si](C)(C)C)/C(=C(/C)O)S(=O)(=O)c1ccccc1.[Cl][Ti]([Cl])[Cl]. The molecule has 0 bridgehead atoms. The van der Waals surface area contributed by atoms with E-state index in [1.807, 2.05) is 19.6 Å². The summed E-state index contributed by atoms with van der Waals surface area (Å²) in [5, 5.41) is 10.3. The van der Waals surface area contributed by atoms with E-state index < -0.39 is 44.9 Å². The van der Waals surface area contributed by atoms with Crippen LogP contribution in [0.4, 0.5) is 0 Å². The van der Waals surface area contributed by atoms with E-state index in [0.29, 0.717) is 0 Å². The van der Waals surface area contributed by atoms with Crippen LogP contribution in [0.25, 0.3) is 0 Å². The first kappa shape index (κ1) is 32.5. The Morgan fingerprint density at radius 3 is 2.09 bits per heavy atom. The standard InChI is InChI=1S/C20H30O7SSi.3ClH.Ti/c1-7-26-18(13-16(14-19(22)25-3)27-29(4,5)6)20(15(2)21)28(23,24)17-11-9-8-10-12-17;;;;/h8-12,14,18,21H,7,13H2,1-6H3;3*1H;/q;;;;+3/p-3/b16-14-,20-15+;;;;. The molecule has 0 saturated carbocycles. The Hall–Kier alpha value is -0.519. The number of aliphatic hydroxyl groups excluding tert-OH is 1. The molecule has 0 fully saturated rings. The van der Waals surface area contributed by atoms with Crippen molar-refractivity contribution in [2.24, 2.45) is 0 Å². The van der Waals surface area contributed by atoms with Crippen LogP contribution in [0.2, 0.25) is 19.6 Å². The van der Waals surface area contributed by atoms with E-state index in [4.69, 9.17) is 37.1 Å². The topological polar surface area (TPSA) is 99.1 Å². The molecule has 7 nitrogen and oxygen atoms in total. The molecular formula is C20H30Cl3O7SSiTi. The Kier molecular flexibility index (Phi) is 15.2. The Bertz CT molecular complexity index is 911. The summed E-state index contributed by atoms with van der Waals surface area (Å²) in [5.41, 5.74) is 0. The van der Waals surface area contributed by atoms with Gasteiger partial charge in [0.15, 0.2) is 0 Å². The Labute approximate surface area is 215 Å². The van der Waals surface area contributed by atoms with Crippen LogP contribution in [-0.2, 0) is 43.2 Å². The molecule has 0 aliphatic carbocycles. The number of ether oxygens (including phenoxy) is 2. The summed E-state index contributed by atoms with van der Waals surface area (Å²) in [5.74, 6) is -0.750. The molecule has 1 unspecified atom stereocenters. The fourth-order valence-corrected chi connectivity index (χ4v) is 5.24. The molecule has 1 aromatic rings. The van der Waals surface area contributed by atoms with Gasteiger partial charge in [0.1, 0.15) is 16.8 Å². The number of hydrogen-bond acceptors (Lipinski definition) is 7. The Morgan fingerprint density at radius 1 is 1.18 bits per heavy atom. The molecule has 1 rings (SSSR count). The van der Waals surface area contributed by atoms with E-state index in [1.165, 1.54) is 32.2 Å². The molecule has 33 heavy (non-hydrogen) atoms. The van der Waals surface area contributed by atoms with E-state index in [1.54, 1.807) is 25.1 Å². The number of benzene rings is 1. The molecule has 187 valence electrons. The predicted octanol–water partition coefficient (Wildman–Crippen LogP) is 6.02. The number of rotatable bonds is 10. The van der Waals surface area contributed by atoms with Crippen LogP contribution in [0.3, 0.4) is 0 Å². The van der Waals surface area contributed by atoms with Gasteiger partial charge in [-0.3, -0.25) is 0 Å². The van der Waals surface area contributed by atoms with E-state index >= 15 is 0 Å². The second-order valence-corrected chi connectivity index (χ2v) is 21.6. The fourth-order valence-electron chi connectivity index (χ4n) is 2.65. The number of carbonyl (C=O) groups is 1. The number of methoxy groups -OCH3 is 1. The average Bonchev–Trinajstić information content (AvgIpc) is 2.66. The maximum atomic E-state index is 13.2. The van der Waals surface area contributed by atoms with Gasteiger partial charge in [0, 0.05) is 13.0 Å². The van der Waals surface area contributed by atoms with Crippen molar-refractivity contribution in [2.75, 3.05) is 13.7 Å². The molecule has 1 aromatic carbocycles. The van der Waals surface area contributed by atoms with Gasteiger partial charge in [-0.15, -0.1) is 0 Å². The summed E-state index contributed by atoms with van der Waals surface area (Å²) in [7, 11) is 10.0. The van der Waals surface area contributed by atoms with E-state index in [0.717, 1.165) is 0 Å². The van der Waals surface area contributed by atoms with Gasteiger partial charge < -0.3 is 19.0 Å². The first-order valence-electron chi connectivity index (χ1n) is 9.78. The molecule has 0 radical (unpaired) electrons. The molecule has 1 atom stereocenters. The van der Waals surface area contributed by atoms with Crippen LogP contribution in [0.15, 0.2) is 57.7 Å². The third kappa shape index (κ3) is 13.2. The molecular weight excluding hydrogens is 567 g/mol. The molecule has 0 aromatic heterocycles. The summed E-state index contributed by atoms with van der Waals surface area (Å²) in [6.07, 6.45) is 0.0958. The van der Waals surface area contributed by atoms with E-state index in [-0.39, 0.29) is 34.3 Å². The fraction of sp³-hybridized carbons (Fsp3) is 0.450. The van der Waals surface area contributed by atoms with Crippen molar-refractivity contribution in [3.63, 3.8) is 0 Å².